The molecule has 2 rings (SSSR count). The zero-order valence-corrected chi connectivity index (χ0v) is 16.5. The van der Waals surface area contributed by atoms with Gasteiger partial charge >= 0.3 is 11.9 Å². The number of benzene rings is 1. The Labute approximate surface area is 159 Å². The molecule has 2 aromatic rings. The highest BCUT2D eigenvalue weighted by atomic mass is 16.5. The fourth-order valence-electron chi connectivity index (χ4n) is 2.94. The van der Waals surface area contributed by atoms with E-state index in [1.54, 1.807) is 24.7 Å². The Morgan fingerprint density at radius 3 is 2.48 bits per heavy atom. The molecule has 0 radical (unpaired) electrons. The van der Waals surface area contributed by atoms with Crippen molar-refractivity contribution < 1.29 is 19.1 Å². The van der Waals surface area contributed by atoms with Gasteiger partial charge in [-0.1, -0.05) is 50.3 Å². The summed E-state index contributed by atoms with van der Waals surface area (Å²) in [7, 11) is 3.09. The number of hydrogen-bond acceptors (Lipinski definition) is 5. The average Bonchev–Trinajstić information content (AvgIpc) is 3.00. The Bertz CT molecular complexity index is 835. The number of carbonyl (C=O) groups excluding carboxylic acids is 2. The van der Waals surface area contributed by atoms with Crippen molar-refractivity contribution in [1.82, 2.24) is 9.78 Å². The lowest BCUT2D eigenvalue weighted by Crippen LogP contribution is -2.18. The second-order valence-corrected chi connectivity index (χ2v) is 6.80. The highest BCUT2D eigenvalue weighted by Crippen LogP contribution is 2.37. The number of aryl methyl sites for hydroxylation is 1. The molecule has 0 atom stereocenters. The summed E-state index contributed by atoms with van der Waals surface area (Å²) in [4.78, 5) is 23.9. The van der Waals surface area contributed by atoms with Gasteiger partial charge in [0, 0.05) is 24.1 Å². The normalized spacial score (nSPS) is 11.6. The van der Waals surface area contributed by atoms with Crippen LogP contribution in [0.25, 0.3) is 11.1 Å². The van der Waals surface area contributed by atoms with Crippen LogP contribution in [0.2, 0.25) is 0 Å². The Kier molecular flexibility index (Phi) is 6.55. The third-order valence-corrected chi connectivity index (χ3v) is 4.30. The summed E-state index contributed by atoms with van der Waals surface area (Å²) in [6, 6.07) is 9.64. The number of allylic oxidation sites excluding steroid dienone is 1. The van der Waals surface area contributed by atoms with Gasteiger partial charge in [0.15, 0.2) is 5.69 Å². The lowest BCUT2D eigenvalue weighted by atomic mass is 9.81. The first-order valence-electron chi connectivity index (χ1n) is 8.86. The molecule has 6 heteroatoms. The van der Waals surface area contributed by atoms with Crippen molar-refractivity contribution in [1.29, 1.82) is 0 Å². The summed E-state index contributed by atoms with van der Waals surface area (Å²) in [6.45, 7) is 6.16. The Morgan fingerprint density at radius 1 is 1.22 bits per heavy atom. The maximum atomic E-state index is 12.4. The predicted molar refractivity (Wildman–Crippen MR) is 103 cm³/mol. The monoisotopic (exact) mass is 370 g/mol. The zero-order valence-electron chi connectivity index (χ0n) is 16.5. The summed E-state index contributed by atoms with van der Waals surface area (Å²) in [5.41, 5.74) is 2.40. The van der Waals surface area contributed by atoms with E-state index in [0.29, 0.717) is 18.7 Å². The molecule has 0 unspecified atom stereocenters. The molecule has 27 heavy (non-hydrogen) atoms. The van der Waals surface area contributed by atoms with Crippen LogP contribution in [-0.2, 0) is 26.7 Å². The van der Waals surface area contributed by atoms with Gasteiger partial charge in [0.05, 0.1) is 19.4 Å². The Morgan fingerprint density at radius 2 is 1.89 bits per heavy atom. The third kappa shape index (κ3) is 4.64. The molecule has 0 aliphatic rings. The van der Waals surface area contributed by atoms with Gasteiger partial charge in [-0.15, -0.1) is 0 Å². The molecule has 6 nitrogen and oxygen atoms in total. The second kappa shape index (κ2) is 8.66. The number of hydrogen-bond donors (Lipinski definition) is 0. The largest absolute Gasteiger partial charge is 0.464 e. The van der Waals surface area contributed by atoms with Crippen LogP contribution < -0.4 is 0 Å². The smallest absolute Gasteiger partial charge is 0.356 e. The van der Waals surface area contributed by atoms with Gasteiger partial charge in [-0.2, -0.15) is 5.10 Å². The molecule has 0 N–H and O–H groups in total. The van der Waals surface area contributed by atoms with E-state index in [2.05, 4.69) is 5.10 Å². The molecule has 0 saturated heterocycles. The minimum absolute atomic E-state index is 0.341. The number of nitrogens with zero attached hydrogens (tertiary/aromatic N) is 2. The van der Waals surface area contributed by atoms with Crippen molar-refractivity contribution in [2.75, 3.05) is 13.7 Å². The van der Waals surface area contributed by atoms with Crippen LogP contribution in [0.15, 0.2) is 42.5 Å². The van der Waals surface area contributed by atoms with Crippen molar-refractivity contribution in [3.05, 3.63) is 53.9 Å². The van der Waals surface area contributed by atoms with Crippen molar-refractivity contribution in [2.24, 2.45) is 7.05 Å². The van der Waals surface area contributed by atoms with Crippen molar-refractivity contribution in [3.63, 3.8) is 0 Å². The minimum atomic E-state index is -0.437. The van der Waals surface area contributed by atoms with Crippen LogP contribution in [0.1, 0.15) is 43.4 Å². The minimum Gasteiger partial charge on any atom is -0.464 e. The number of carbonyl (C=O) groups is 2. The first-order valence-corrected chi connectivity index (χ1v) is 8.86. The molecule has 0 bridgehead atoms. The molecule has 0 aliphatic carbocycles. The molecule has 0 fully saturated rings. The second-order valence-electron chi connectivity index (χ2n) is 6.80. The molecular formula is C21H26N2O4. The zero-order chi connectivity index (χ0) is 20.0. The lowest BCUT2D eigenvalue weighted by molar-refractivity contribution is -0.137. The first kappa shape index (κ1) is 20.4. The van der Waals surface area contributed by atoms with E-state index in [4.69, 9.17) is 9.47 Å². The molecule has 0 amide bonds. The highest BCUT2D eigenvalue weighted by Gasteiger charge is 2.32. The number of methoxy groups -OCH3 is 1. The molecule has 1 heterocycles. The molecule has 0 aliphatic heterocycles. The SMILES string of the molecule is CCOC(=O)/C=C/CC(C)(C)c1nn(C)c(C(=O)OC)c1-c1ccccc1. The lowest BCUT2D eigenvalue weighted by Gasteiger charge is -2.22. The average molecular weight is 370 g/mol. The predicted octanol–water partition coefficient (Wildman–Crippen LogP) is 3.66. The van der Waals surface area contributed by atoms with Crippen molar-refractivity contribution in [3.8, 4) is 11.1 Å². The quantitative estimate of drug-likeness (QED) is 0.549. The number of ether oxygens (including phenoxy) is 2. The van der Waals surface area contributed by atoms with Gasteiger partial charge in [0.1, 0.15) is 0 Å². The van der Waals surface area contributed by atoms with Crippen LogP contribution in [0.5, 0.6) is 0 Å². The van der Waals surface area contributed by atoms with E-state index in [1.165, 1.54) is 13.2 Å². The fraction of sp³-hybridized carbons (Fsp3) is 0.381. The maximum Gasteiger partial charge on any atom is 0.356 e. The molecule has 1 aromatic heterocycles. The molecule has 144 valence electrons. The maximum absolute atomic E-state index is 12.4. The van der Waals surface area contributed by atoms with Crippen LogP contribution in [-0.4, -0.2) is 35.4 Å². The van der Waals surface area contributed by atoms with E-state index in [0.717, 1.165) is 16.8 Å². The van der Waals surface area contributed by atoms with Crippen LogP contribution in [0.4, 0.5) is 0 Å². The van der Waals surface area contributed by atoms with E-state index >= 15 is 0 Å². The standard InChI is InChI=1S/C21H26N2O4/c1-6-27-16(24)13-10-14-21(2,3)19-17(15-11-8-7-9-12-15)18(20(25)26-5)23(4)22-19/h7-13H,6,14H2,1-5H3/b13-10+. The van der Waals surface area contributed by atoms with Crippen molar-refractivity contribution in [2.45, 2.75) is 32.6 Å². The first-order chi connectivity index (χ1) is 12.8. The highest BCUT2D eigenvalue weighted by molar-refractivity contribution is 5.96. The molecule has 0 spiro atoms. The third-order valence-electron chi connectivity index (χ3n) is 4.30. The number of aromatic nitrogens is 2. The molecular weight excluding hydrogens is 344 g/mol. The summed E-state index contributed by atoms with van der Waals surface area (Å²) < 4.78 is 11.4. The van der Waals surface area contributed by atoms with Gasteiger partial charge in [-0.05, 0) is 18.9 Å². The van der Waals surface area contributed by atoms with Crippen LogP contribution in [0.3, 0.4) is 0 Å². The van der Waals surface area contributed by atoms with Gasteiger partial charge < -0.3 is 9.47 Å². The van der Waals surface area contributed by atoms with E-state index < -0.39 is 11.4 Å². The van der Waals surface area contributed by atoms with Crippen LogP contribution in [0, 0.1) is 0 Å². The van der Waals surface area contributed by atoms with Gasteiger partial charge in [-0.3, -0.25) is 4.68 Å². The topological polar surface area (TPSA) is 70.4 Å². The van der Waals surface area contributed by atoms with E-state index in [9.17, 15) is 9.59 Å². The van der Waals surface area contributed by atoms with E-state index in [1.807, 2.05) is 44.2 Å². The van der Waals surface area contributed by atoms with Gasteiger partial charge in [0.2, 0.25) is 0 Å². The summed E-state index contributed by atoms with van der Waals surface area (Å²) in [5.74, 6) is -0.805. The summed E-state index contributed by atoms with van der Waals surface area (Å²) in [5, 5.41) is 4.63. The molecule has 1 aromatic carbocycles. The summed E-state index contributed by atoms with van der Waals surface area (Å²) in [6.07, 6.45) is 3.76. The van der Waals surface area contributed by atoms with E-state index in [-0.39, 0.29) is 5.97 Å². The summed E-state index contributed by atoms with van der Waals surface area (Å²) >= 11 is 0. The molecule has 0 saturated carbocycles. The van der Waals surface area contributed by atoms with Gasteiger partial charge in [0.25, 0.3) is 0 Å². The number of rotatable bonds is 7. The Balaban J connectivity index is 2.49. The van der Waals surface area contributed by atoms with Crippen molar-refractivity contribution >= 4 is 11.9 Å². The number of esters is 2. The fourth-order valence-corrected chi connectivity index (χ4v) is 2.94. The van der Waals surface area contributed by atoms with Crippen LogP contribution >= 0.6 is 0 Å². The van der Waals surface area contributed by atoms with Gasteiger partial charge in [-0.25, -0.2) is 9.59 Å². The Hall–Kier alpha value is -2.89.